The molecule has 0 aliphatic heterocycles. The molecule has 0 radical (unpaired) electrons. The van der Waals surface area contributed by atoms with Gasteiger partial charge in [-0.1, -0.05) is 21.7 Å². The molecule has 98 valence electrons. The molecule has 0 aliphatic rings. The van der Waals surface area contributed by atoms with E-state index in [9.17, 15) is 9.59 Å². The molecular weight excluding hydrogens is 270 g/mol. The van der Waals surface area contributed by atoms with Crippen molar-refractivity contribution in [2.45, 2.75) is 6.42 Å². The number of amides is 2. The van der Waals surface area contributed by atoms with Crippen molar-refractivity contribution in [1.82, 2.24) is 14.8 Å². The van der Waals surface area contributed by atoms with Gasteiger partial charge in [-0.15, -0.1) is 0 Å². The first kappa shape index (κ1) is 12.9. The van der Waals surface area contributed by atoms with E-state index < -0.39 is 12.0 Å². The lowest BCUT2D eigenvalue weighted by molar-refractivity contribution is -0.136. The molecule has 0 fully saturated rings. The number of urea groups is 1. The van der Waals surface area contributed by atoms with Crippen molar-refractivity contribution in [2.75, 3.05) is 10.6 Å². The average molecular weight is 279 g/mol. The monoisotopic (exact) mass is 279 g/mol. The summed E-state index contributed by atoms with van der Waals surface area (Å²) in [6, 6.07) is 6.09. The van der Waals surface area contributed by atoms with Crippen LogP contribution in [-0.2, 0) is 11.2 Å². The van der Waals surface area contributed by atoms with Crippen molar-refractivity contribution in [2.24, 2.45) is 0 Å². The van der Waals surface area contributed by atoms with Crippen LogP contribution in [0.5, 0.6) is 0 Å². The average Bonchev–Trinajstić information content (AvgIpc) is 2.81. The van der Waals surface area contributed by atoms with E-state index in [4.69, 9.17) is 5.11 Å². The smallest absolute Gasteiger partial charge is 0.325 e. The Labute approximate surface area is 111 Å². The van der Waals surface area contributed by atoms with Gasteiger partial charge in [-0.05, 0) is 22.9 Å². The van der Waals surface area contributed by atoms with E-state index in [1.54, 1.807) is 24.3 Å². The van der Waals surface area contributed by atoms with Crippen molar-refractivity contribution < 1.29 is 14.7 Å². The molecule has 2 amide bonds. The Balaban J connectivity index is 1.98. The van der Waals surface area contributed by atoms with Crippen LogP contribution >= 0.6 is 11.5 Å². The Morgan fingerprint density at radius 1 is 1.32 bits per heavy atom. The zero-order chi connectivity index (χ0) is 13.7. The molecule has 0 spiro atoms. The van der Waals surface area contributed by atoms with Gasteiger partial charge in [0.15, 0.2) is 0 Å². The normalized spacial score (nSPS) is 9.89. The fourth-order valence-electron chi connectivity index (χ4n) is 1.38. The minimum atomic E-state index is -0.929. The highest BCUT2D eigenvalue weighted by Crippen LogP contribution is 2.12. The second-order valence-corrected chi connectivity index (χ2v) is 4.25. The first-order valence-electron chi connectivity index (χ1n) is 5.17. The van der Waals surface area contributed by atoms with Crippen LogP contribution in [0.1, 0.15) is 5.56 Å². The molecule has 8 nitrogen and oxygen atoms in total. The summed E-state index contributed by atoms with van der Waals surface area (Å²) in [6.45, 7) is 0. The maximum atomic E-state index is 11.6. The lowest BCUT2D eigenvalue weighted by Gasteiger charge is -2.06. The highest BCUT2D eigenvalue weighted by molar-refractivity contribution is 7.09. The van der Waals surface area contributed by atoms with Crippen LogP contribution in [0.2, 0.25) is 0 Å². The fourth-order valence-corrected chi connectivity index (χ4v) is 1.74. The Morgan fingerprint density at radius 3 is 2.84 bits per heavy atom. The molecule has 19 heavy (non-hydrogen) atoms. The SMILES string of the molecule is O=C(O)Cc1cccc(NC(=O)Nc2nnns2)c1. The lowest BCUT2D eigenvalue weighted by atomic mass is 10.1. The largest absolute Gasteiger partial charge is 0.481 e. The van der Waals surface area contributed by atoms with Crippen molar-refractivity contribution in [3.63, 3.8) is 0 Å². The van der Waals surface area contributed by atoms with Gasteiger partial charge in [0.2, 0.25) is 5.13 Å². The van der Waals surface area contributed by atoms with Gasteiger partial charge in [0.05, 0.1) is 6.42 Å². The van der Waals surface area contributed by atoms with E-state index in [2.05, 4.69) is 25.4 Å². The van der Waals surface area contributed by atoms with Gasteiger partial charge in [0.25, 0.3) is 0 Å². The van der Waals surface area contributed by atoms with E-state index in [-0.39, 0.29) is 11.6 Å². The van der Waals surface area contributed by atoms with Gasteiger partial charge >= 0.3 is 12.0 Å². The number of carbonyl (C=O) groups excluding carboxylic acids is 1. The van der Waals surface area contributed by atoms with Gasteiger partial charge in [0, 0.05) is 17.2 Å². The van der Waals surface area contributed by atoms with Crippen molar-refractivity contribution in [3.8, 4) is 0 Å². The number of nitrogens with one attached hydrogen (secondary N) is 2. The number of carboxylic acids is 1. The molecule has 0 saturated carbocycles. The summed E-state index contributed by atoms with van der Waals surface area (Å²) in [5, 5.41) is 20.9. The predicted octanol–water partition coefficient (Wildman–Crippen LogP) is 1.20. The zero-order valence-electron chi connectivity index (χ0n) is 9.53. The van der Waals surface area contributed by atoms with Crippen LogP contribution in [0, 0.1) is 0 Å². The minimum absolute atomic E-state index is 0.0997. The number of rotatable bonds is 4. The molecular formula is C10H9N5O3S. The third-order valence-electron chi connectivity index (χ3n) is 2.06. The van der Waals surface area contributed by atoms with Gasteiger partial charge < -0.3 is 10.4 Å². The second-order valence-electron chi connectivity index (χ2n) is 3.52. The molecule has 1 aromatic carbocycles. The maximum absolute atomic E-state index is 11.6. The number of carboxylic acid groups (broad SMARTS) is 1. The number of hydrogen-bond donors (Lipinski definition) is 3. The van der Waals surface area contributed by atoms with E-state index in [1.165, 1.54) is 0 Å². The summed E-state index contributed by atoms with van der Waals surface area (Å²) in [5.41, 5.74) is 1.09. The Kier molecular flexibility index (Phi) is 3.98. The molecule has 0 aliphatic carbocycles. The fraction of sp³-hybridized carbons (Fsp3) is 0.100. The molecule has 9 heteroatoms. The molecule has 0 atom stereocenters. The molecule has 0 unspecified atom stereocenters. The highest BCUT2D eigenvalue weighted by atomic mass is 32.1. The molecule has 2 aromatic rings. The molecule has 2 rings (SSSR count). The molecule has 3 N–H and O–H groups in total. The minimum Gasteiger partial charge on any atom is -0.481 e. The summed E-state index contributed by atoms with van der Waals surface area (Å²) < 4.78 is 3.50. The Bertz CT molecular complexity index is 587. The van der Waals surface area contributed by atoms with Crippen LogP contribution in [0.4, 0.5) is 15.6 Å². The topological polar surface area (TPSA) is 117 Å². The first-order chi connectivity index (χ1) is 9.13. The van der Waals surface area contributed by atoms with Crippen molar-refractivity contribution >= 4 is 34.4 Å². The summed E-state index contributed by atoms with van der Waals surface area (Å²) in [7, 11) is 0. The number of nitrogens with zero attached hydrogens (tertiary/aromatic N) is 3. The summed E-state index contributed by atoms with van der Waals surface area (Å²) in [6.07, 6.45) is -0.0997. The van der Waals surface area contributed by atoms with E-state index in [1.807, 2.05) is 0 Å². The van der Waals surface area contributed by atoms with E-state index in [0.29, 0.717) is 11.3 Å². The second kappa shape index (κ2) is 5.87. The number of carbonyl (C=O) groups is 2. The molecule has 0 bridgehead atoms. The maximum Gasteiger partial charge on any atom is 0.325 e. The van der Waals surface area contributed by atoms with Crippen LogP contribution < -0.4 is 10.6 Å². The van der Waals surface area contributed by atoms with Crippen LogP contribution in [-0.4, -0.2) is 31.9 Å². The summed E-state index contributed by atoms with van der Waals surface area (Å²) in [4.78, 5) is 22.2. The van der Waals surface area contributed by atoms with E-state index >= 15 is 0 Å². The van der Waals surface area contributed by atoms with Gasteiger partial charge in [0.1, 0.15) is 0 Å². The third kappa shape index (κ3) is 4.00. The first-order valence-corrected chi connectivity index (χ1v) is 5.94. The van der Waals surface area contributed by atoms with Crippen LogP contribution in [0.3, 0.4) is 0 Å². The van der Waals surface area contributed by atoms with Gasteiger partial charge in [-0.25, -0.2) is 4.79 Å². The number of aliphatic carboxylic acids is 1. The molecule has 1 heterocycles. The Hall–Kier alpha value is -2.55. The summed E-state index contributed by atoms with van der Waals surface area (Å²) in [5.74, 6) is -0.929. The Morgan fingerprint density at radius 2 is 2.16 bits per heavy atom. The van der Waals surface area contributed by atoms with E-state index in [0.717, 1.165) is 11.5 Å². The number of aromatic nitrogens is 3. The van der Waals surface area contributed by atoms with Gasteiger partial charge in [-0.3, -0.25) is 10.1 Å². The highest BCUT2D eigenvalue weighted by Gasteiger charge is 2.07. The molecule has 0 saturated heterocycles. The molecule has 1 aromatic heterocycles. The predicted molar refractivity (Wildman–Crippen MR) is 68.1 cm³/mol. The number of benzene rings is 1. The van der Waals surface area contributed by atoms with Gasteiger partial charge in [-0.2, -0.15) is 0 Å². The zero-order valence-corrected chi connectivity index (χ0v) is 10.3. The van der Waals surface area contributed by atoms with Crippen LogP contribution in [0.25, 0.3) is 0 Å². The quantitative estimate of drug-likeness (QED) is 0.774. The summed E-state index contributed by atoms with van der Waals surface area (Å²) >= 11 is 0.951. The van der Waals surface area contributed by atoms with Crippen molar-refractivity contribution in [3.05, 3.63) is 29.8 Å². The standard InChI is InChI=1S/C10H9N5O3S/c16-8(17)5-6-2-1-3-7(4-6)11-9(18)12-10-13-14-15-19-10/h1-4H,5H2,(H,16,17)(H2,11,12,13,15,18). The van der Waals surface area contributed by atoms with Crippen LogP contribution in [0.15, 0.2) is 24.3 Å². The third-order valence-corrected chi connectivity index (χ3v) is 2.57. The lowest BCUT2D eigenvalue weighted by Crippen LogP contribution is -2.19. The number of anilines is 2. The number of hydrogen-bond acceptors (Lipinski definition) is 6. The van der Waals surface area contributed by atoms with Crippen molar-refractivity contribution in [1.29, 1.82) is 0 Å².